The molecule has 1 N–H and O–H groups in total. The molecule has 1 saturated heterocycles. The zero-order chi connectivity index (χ0) is 21.6. The van der Waals surface area contributed by atoms with Crippen LogP contribution < -0.4 is 4.90 Å². The maximum atomic E-state index is 13.1. The number of hydrogen-bond acceptors (Lipinski definition) is 5. The van der Waals surface area contributed by atoms with Crippen LogP contribution in [0.25, 0.3) is 0 Å². The smallest absolute Gasteiger partial charge is 0.234 e. The van der Waals surface area contributed by atoms with Gasteiger partial charge in [0.15, 0.2) is 0 Å². The van der Waals surface area contributed by atoms with E-state index in [1.165, 1.54) is 16.4 Å². The molecule has 1 aliphatic rings. The van der Waals surface area contributed by atoms with Gasteiger partial charge in [0.1, 0.15) is 11.9 Å². The summed E-state index contributed by atoms with van der Waals surface area (Å²) in [5, 5.41) is 10.1. The lowest BCUT2D eigenvalue weighted by Gasteiger charge is -2.36. The third kappa shape index (κ3) is 5.57. The van der Waals surface area contributed by atoms with Crippen molar-refractivity contribution in [2.45, 2.75) is 6.04 Å². The van der Waals surface area contributed by atoms with Gasteiger partial charge in [-0.15, -0.1) is 0 Å². The minimum Gasteiger partial charge on any atom is -0.369 e. The molecule has 2 aromatic rings. The number of carbonyl (C=O) groups is 1. The highest BCUT2D eigenvalue weighted by molar-refractivity contribution is 7.89. The Labute approximate surface area is 175 Å². The number of amides is 1. The Morgan fingerprint density at radius 3 is 2.30 bits per heavy atom. The number of anilines is 1. The highest BCUT2D eigenvalue weighted by Crippen LogP contribution is 2.18. The first-order valence-electron chi connectivity index (χ1n) is 9.36. The van der Waals surface area contributed by atoms with E-state index < -0.39 is 21.8 Å². The van der Waals surface area contributed by atoms with Gasteiger partial charge in [0.25, 0.3) is 0 Å². The summed E-state index contributed by atoms with van der Waals surface area (Å²) >= 11 is 0. The van der Waals surface area contributed by atoms with Gasteiger partial charge in [0.2, 0.25) is 16.4 Å². The number of rotatable bonds is 6. The van der Waals surface area contributed by atoms with Crippen molar-refractivity contribution in [3.8, 4) is 11.8 Å². The van der Waals surface area contributed by atoms with Gasteiger partial charge in [-0.1, -0.05) is 30.0 Å². The highest BCUT2D eigenvalue weighted by Gasteiger charge is 2.31. The minimum atomic E-state index is -3.77. The summed E-state index contributed by atoms with van der Waals surface area (Å²) < 4.78 is 40.1. The summed E-state index contributed by atoms with van der Waals surface area (Å²) in [5.41, 5.74) is 1.47. The summed E-state index contributed by atoms with van der Waals surface area (Å²) in [4.78, 5) is 13.0. The number of carbonyl (C=O) groups excluding carboxylic acids is 1. The molecule has 158 valence electrons. The molecule has 30 heavy (non-hydrogen) atoms. The standard InChI is InChI=1S/C21H22FN3O4S/c22-19-7-10-20(11-8-19)23-12-14-24(15-13-23)30(28,29)16-21(25(27)17-26)9-6-18-4-2-1-3-5-18/h1-5,7-8,10-11,17,21,27H,12-16H2. The van der Waals surface area contributed by atoms with E-state index in [1.807, 2.05) is 11.0 Å². The SMILES string of the molecule is O=CN(O)C(C#Cc1ccccc1)CS(=O)(=O)N1CCN(c2ccc(F)cc2)CC1. The lowest BCUT2D eigenvalue weighted by molar-refractivity contribution is -0.153. The van der Waals surface area contributed by atoms with Crippen molar-refractivity contribution < 1.29 is 22.8 Å². The van der Waals surface area contributed by atoms with E-state index in [-0.39, 0.29) is 30.4 Å². The number of piperazine rings is 1. The summed E-state index contributed by atoms with van der Waals surface area (Å²) in [7, 11) is -3.77. The van der Waals surface area contributed by atoms with E-state index in [0.29, 0.717) is 18.7 Å². The molecule has 2 aromatic carbocycles. The zero-order valence-corrected chi connectivity index (χ0v) is 17.0. The summed E-state index contributed by atoms with van der Waals surface area (Å²) in [6, 6.07) is 13.7. The van der Waals surface area contributed by atoms with Crippen LogP contribution in [0.2, 0.25) is 0 Å². The van der Waals surface area contributed by atoms with Gasteiger partial charge in [-0.3, -0.25) is 10.0 Å². The highest BCUT2D eigenvalue weighted by atomic mass is 32.2. The number of hydroxylamine groups is 2. The van der Waals surface area contributed by atoms with Crippen LogP contribution in [0.1, 0.15) is 5.56 Å². The number of sulfonamides is 1. The lowest BCUT2D eigenvalue weighted by atomic mass is 10.2. The topological polar surface area (TPSA) is 81.2 Å². The molecule has 1 atom stereocenters. The van der Waals surface area contributed by atoms with Gasteiger partial charge in [0.05, 0.1) is 5.75 Å². The van der Waals surface area contributed by atoms with Gasteiger partial charge >= 0.3 is 0 Å². The van der Waals surface area contributed by atoms with E-state index in [0.717, 1.165) is 5.69 Å². The van der Waals surface area contributed by atoms with Crippen molar-refractivity contribution in [3.05, 3.63) is 66.0 Å². The molecule has 1 amide bonds. The van der Waals surface area contributed by atoms with Crippen LogP contribution in [0.3, 0.4) is 0 Å². The predicted octanol–water partition coefficient (Wildman–Crippen LogP) is 1.55. The first-order valence-corrected chi connectivity index (χ1v) is 11.0. The van der Waals surface area contributed by atoms with Gasteiger partial charge in [-0.25, -0.2) is 17.9 Å². The molecule has 0 saturated carbocycles. The van der Waals surface area contributed by atoms with E-state index in [2.05, 4.69) is 11.8 Å². The van der Waals surface area contributed by atoms with E-state index in [4.69, 9.17) is 0 Å². The second-order valence-corrected chi connectivity index (χ2v) is 8.79. The average molecular weight is 431 g/mol. The fourth-order valence-corrected chi connectivity index (χ4v) is 4.69. The Bertz CT molecular complexity index is 1010. The molecule has 0 spiro atoms. The first-order chi connectivity index (χ1) is 14.4. The van der Waals surface area contributed by atoms with Crippen molar-refractivity contribution in [2.24, 2.45) is 0 Å². The Kier molecular flexibility index (Phi) is 7.05. The molecule has 0 aromatic heterocycles. The molecule has 1 aliphatic heterocycles. The molecule has 9 heteroatoms. The fraction of sp³-hybridized carbons (Fsp3) is 0.286. The molecule has 0 aliphatic carbocycles. The molecule has 0 bridgehead atoms. The predicted molar refractivity (Wildman–Crippen MR) is 111 cm³/mol. The van der Waals surface area contributed by atoms with Crippen LogP contribution >= 0.6 is 0 Å². The van der Waals surface area contributed by atoms with Crippen molar-refractivity contribution in [1.82, 2.24) is 9.37 Å². The van der Waals surface area contributed by atoms with Crippen LogP contribution in [0.5, 0.6) is 0 Å². The second kappa shape index (κ2) is 9.71. The van der Waals surface area contributed by atoms with Gasteiger partial charge in [-0.05, 0) is 36.4 Å². The van der Waals surface area contributed by atoms with Gasteiger partial charge in [0, 0.05) is 37.4 Å². The van der Waals surface area contributed by atoms with Gasteiger partial charge in [-0.2, -0.15) is 4.31 Å². The first kappa shape index (κ1) is 21.8. The molecule has 1 heterocycles. The molecule has 7 nitrogen and oxygen atoms in total. The van der Waals surface area contributed by atoms with Crippen molar-refractivity contribution in [3.63, 3.8) is 0 Å². The third-order valence-corrected chi connectivity index (χ3v) is 6.67. The molecule has 1 fully saturated rings. The quantitative estimate of drug-likeness (QED) is 0.325. The molecular weight excluding hydrogens is 409 g/mol. The molecule has 3 rings (SSSR count). The Hall–Kier alpha value is -2.93. The number of nitrogens with zero attached hydrogens (tertiary/aromatic N) is 3. The van der Waals surface area contributed by atoms with Crippen molar-refractivity contribution in [1.29, 1.82) is 0 Å². The Balaban J connectivity index is 1.67. The van der Waals surface area contributed by atoms with Gasteiger partial charge < -0.3 is 4.90 Å². The zero-order valence-electron chi connectivity index (χ0n) is 16.2. The number of benzene rings is 2. The molecular formula is C21H22FN3O4S. The van der Waals surface area contributed by atoms with Crippen molar-refractivity contribution in [2.75, 3.05) is 36.8 Å². The third-order valence-electron chi connectivity index (χ3n) is 4.78. The lowest BCUT2D eigenvalue weighted by Crippen LogP contribution is -2.51. The van der Waals surface area contributed by atoms with Crippen LogP contribution in [0, 0.1) is 17.7 Å². The molecule has 1 unspecified atom stereocenters. The second-order valence-electron chi connectivity index (χ2n) is 6.78. The summed E-state index contributed by atoms with van der Waals surface area (Å²) in [5.74, 6) is 4.61. The summed E-state index contributed by atoms with van der Waals surface area (Å²) in [6.07, 6.45) is 0.145. The Morgan fingerprint density at radius 2 is 1.70 bits per heavy atom. The van der Waals surface area contributed by atoms with Crippen LogP contribution in [-0.4, -0.2) is 67.4 Å². The fourth-order valence-electron chi connectivity index (χ4n) is 3.13. The van der Waals surface area contributed by atoms with E-state index in [1.54, 1.807) is 36.4 Å². The average Bonchev–Trinajstić information content (AvgIpc) is 2.77. The largest absolute Gasteiger partial charge is 0.369 e. The number of hydrogen-bond donors (Lipinski definition) is 1. The van der Waals surface area contributed by atoms with E-state index in [9.17, 15) is 22.8 Å². The van der Waals surface area contributed by atoms with Crippen LogP contribution in [-0.2, 0) is 14.8 Å². The minimum absolute atomic E-state index is 0.145. The summed E-state index contributed by atoms with van der Waals surface area (Å²) in [6.45, 7) is 1.37. The normalized spacial score (nSPS) is 15.7. The maximum absolute atomic E-state index is 13.1. The monoisotopic (exact) mass is 431 g/mol. The molecule has 0 radical (unpaired) electrons. The van der Waals surface area contributed by atoms with E-state index >= 15 is 0 Å². The van der Waals surface area contributed by atoms with Crippen LogP contribution in [0.15, 0.2) is 54.6 Å². The van der Waals surface area contributed by atoms with Crippen LogP contribution in [0.4, 0.5) is 10.1 Å². The number of halogens is 1. The Morgan fingerprint density at radius 1 is 1.07 bits per heavy atom. The van der Waals surface area contributed by atoms with Crippen molar-refractivity contribution >= 4 is 22.1 Å². The maximum Gasteiger partial charge on any atom is 0.234 e.